The van der Waals surface area contributed by atoms with E-state index in [1.165, 1.54) is 0 Å². The molecular formula is C10H18N2O6. The van der Waals surface area contributed by atoms with E-state index < -0.39 is 36.5 Å². The molecule has 0 aromatic carbocycles. The van der Waals surface area contributed by atoms with Crippen LogP contribution in [-0.4, -0.2) is 53.4 Å². The molecule has 0 rings (SSSR count). The van der Waals surface area contributed by atoms with Gasteiger partial charge in [-0.2, -0.15) is 0 Å². The first-order valence-corrected chi connectivity index (χ1v) is 5.47. The van der Waals surface area contributed by atoms with E-state index in [0.717, 1.165) is 0 Å². The summed E-state index contributed by atoms with van der Waals surface area (Å²) in [5, 5.41) is 19.6. The summed E-state index contributed by atoms with van der Waals surface area (Å²) in [7, 11) is 0. The summed E-state index contributed by atoms with van der Waals surface area (Å²) in [6, 6.07) is -2.27. The molecule has 2 atom stereocenters. The standard InChI is InChI=1S/C10H18N2O6/c1-2-18-10(17)7(5-13)12-8(14)4-3-6(11)9(15)16/h6-7,13H,2-5,11H2,1H3,(H,12,14)(H,15,16)/t6?,7-/m0/s1. The third-order valence-corrected chi connectivity index (χ3v) is 2.09. The molecule has 0 saturated heterocycles. The number of hydrogen-bond acceptors (Lipinski definition) is 6. The van der Waals surface area contributed by atoms with Gasteiger partial charge in [-0.15, -0.1) is 0 Å². The zero-order valence-electron chi connectivity index (χ0n) is 10.1. The highest BCUT2D eigenvalue weighted by atomic mass is 16.5. The van der Waals surface area contributed by atoms with E-state index in [0.29, 0.717) is 0 Å². The van der Waals surface area contributed by atoms with Crippen molar-refractivity contribution in [2.24, 2.45) is 5.73 Å². The minimum atomic E-state index is -1.20. The third-order valence-electron chi connectivity index (χ3n) is 2.09. The van der Waals surface area contributed by atoms with E-state index in [1.54, 1.807) is 6.92 Å². The van der Waals surface area contributed by atoms with Gasteiger partial charge < -0.3 is 26.0 Å². The monoisotopic (exact) mass is 262 g/mol. The van der Waals surface area contributed by atoms with Crippen LogP contribution in [0, 0.1) is 0 Å². The number of carbonyl (C=O) groups is 3. The highest BCUT2D eigenvalue weighted by molar-refractivity contribution is 5.85. The lowest BCUT2D eigenvalue weighted by Crippen LogP contribution is -2.44. The Bertz CT molecular complexity index is 307. The van der Waals surface area contributed by atoms with E-state index in [9.17, 15) is 14.4 Å². The zero-order chi connectivity index (χ0) is 14.1. The van der Waals surface area contributed by atoms with Crippen LogP contribution in [0.25, 0.3) is 0 Å². The lowest BCUT2D eigenvalue weighted by Gasteiger charge is -2.15. The summed E-state index contributed by atoms with van der Waals surface area (Å²) in [4.78, 5) is 33.0. The molecule has 1 amide bonds. The first-order valence-electron chi connectivity index (χ1n) is 5.47. The quantitative estimate of drug-likeness (QED) is 0.379. The van der Waals surface area contributed by atoms with Gasteiger partial charge in [0.25, 0.3) is 0 Å². The molecule has 0 aliphatic heterocycles. The van der Waals surface area contributed by atoms with Crippen molar-refractivity contribution in [2.45, 2.75) is 31.8 Å². The number of carboxylic acid groups (broad SMARTS) is 1. The first kappa shape index (κ1) is 16.3. The smallest absolute Gasteiger partial charge is 0.331 e. The Morgan fingerprint density at radius 1 is 1.39 bits per heavy atom. The Morgan fingerprint density at radius 2 is 2.00 bits per heavy atom. The number of aliphatic hydroxyl groups is 1. The Hall–Kier alpha value is -1.67. The van der Waals surface area contributed by atoms with Crippen molar-refractivity contribution in [1.82, 2.24) is 5.32 Å². The number of nitrogens with two attached hydrogens (primary N) is 1. The third kappa shape index (κ3) is 6.16. The molecule has 0 aromatic rings. The summed E-state index contributed by atoms with van der Waals surface area (Å²) in [6.45, 7) is 1.14. The van der Waals surface area contributed by atoms with Crippen LogP contribution >= 0.6 is 0 Å². The zero-order valence-corrected chi connectivity index (χ0v) is 10.1. The van der Waals surface area contributed by atoms with E-state index in [1.807, 2.05) is 0 Å². The Kier molecular flexibility index (Phi) is 7.64. The normalized spacial score (nSPS) is 13.5. The maximum Gasteiger partial charge on any atom is 0.331 e. The van der Waals surface area contributed by atoms with Gasteiger partial charge in [-0.1, -0.05) is 0 Å². The molecule has 0 radical (unpaired) electrons. The van der Waals surface area contributed by atoms with E-state index in [2.05, 4.69) is 10.1 Å². The molecule has 0 fully saturated rings. The summed E-state index contributed by atoms with van der Waals surface area (Å²) in [5.74, 6) is -2.51. The van der Waals surface area contributed by atoms with Gasteiger partial charge in [-0.25, -0.2) is 4.79 Å². The van der Waals surface area contributed by atoms with E-state index in [4.69, 9.17) is 15.9 Å². The van der Waals surface area contributed by atoms with Gasteiger partial charge in [0.15, 0.2) is 6.04 Å². The second-order valence-corrected chi connectivity index (χ2v) is 3.54. The van der Waals surface area contributed by atoms with Crippen molar-refractivity contribution in [2.75, 3.05) is 13.2 Å². The van der Waals surface area contributed by atoms with Gasteiger partial charge in [-0.05, 0) is 13.3 Å². The Labute approximate surface area is 104 Å². The van der Waals surface area contributed by atoms with Crippen molar-refractivity contribution in [1.29, 1.82) is 0 Å². The van der Waals surface area contributed by atoms with Gasteiger partial charge >= 0.3 is 11.9 Å². The fourth-order valence-corrected chi connectivity index (χ4v) is 1.10. The summed E-state index contributed by atoms with van der Waals surface area (Å²) in [6.07, 6.45) is -0.203. The van der Waals surface area contributed by atoms with Crippen LogP contribution < -0.4 is 11.1 Å². The van der Waals surface area contributed by atoms with Crippen LogP contribution in [0.5, 0.6) is 0 Å². The Balaban J connectivity index is 4.12. The minimum Gasteiger partial charge on any atom is -0.480 e. The molecule has 5 N–H and O–H groups in total. The predicted octanol–water partition coefficient (Wildman–Crippen LogP) is -1.78. The molecule has 0 heterocycles. The van der Waals surface area contributed by atoms with Gasteiger partial charge in [0, 0.05) is 6.42 Å². The number of amides is 1. The number of carboxylic acids is 1. The lowest BCUT2D eigenvalue weighted by molar-refractivity contribution is -0.148. The van der Waals surface area contributed by atoms with Crippen molar-refractivity contribution < 1.29 is 29.3 Å². The Morgan fingerprint density at radius 3 is 2.44 bits per heavy atom. The fraction of sp³-hybridized carbons (Fsp3) is 0.700. The molecule has 8 heteroatoms. The molecular weight excluding hydrogens is 244 g/mol. The van der Waals surface area contributed by atoms with Crippen molar-refractivity contribution in [3.63, 3.8) is 0 Å². The average molecular weight is 262 g/mol. The van der Waals surface area contributed by atoms with Crippen molar-refractivity contribution in [3.8, 4) is 0 Å². The molecule has 0 spiro atoms. The number of ether oxygens (including phenoxy) is 1. The molecule has 0 saturated carbocycles. The van der Waals surface area contributed by atoms with Gasteiger partial charge in [-0.3, -0.25) is 9.59 Å². The molecule has 104 valence electrons. The van der Waals surface area contributed by atoms with Crippen LogP contribution in [0.15, 0.2) is 0 Å². The fourth-order valence-electron chi connectivity index (χ4n) is 1.10. The number of aliphatic carboxylic acids is 1. The minimum absolute atomic E-state index is 0.0534. The van der Waals surface area contributed by atoms with E-state index >= 15 is 0 Å². The summed E-state index contributed by atoms with van der Waals surface area (Å²) in [5.41, 5.74) is 5.22. The lowest BCUT2D eigenvalue weighted by atomic mass is 10.1. The number of esters is 1. The van der Waals surface area contributed by atoms with Crippen LogP contribution in [0.4, 0.5) is 0 Å². The first-order chi connectivity index (χ1) is 8.42. The summed E-state index contributed by atoms with van der Waals surface area (Å²) < 4.78 is 4.63. The van der Waals surface area contributed by atoms with Crippen LogP contribution in [-0.2, 0) is 19.1 Å². The summed E-state index contributed by atoms with van der Waals surface area (Å²) >= 11 is 0. The van der Waals surface area contributed by atoms with Crippen LogP contribution in [0.2, 0.25) is 0 Å². The SMILES string of the molecule is CCOC(=O)[C@H](CO)NC(=O)CCC(N)C(=O)O. The molecule has 0 aromatic heterocycles. The van der Waals surface area contributed by atoms with Gasteiger partial charge in [0.05, 0.1) is 13.2 Å². The molecule has 18 heavy (non-hydrogen) atoms. The number of rotatable bonds is 8. The van der Waals surface area contributed by atoms with Gasteiger partial charge in [0.2, 0.25) is 5.91 Å². The van der Waals surface area contributed by atoms with Crippen LogP contribution in [0.3, 0.4) is 0 Å². The number of nitrogens with one attached hydrogen (secondary N) is 1. The molecule has 0 bridgehead atoms. The average Bonchev–Trinajstić information content (AvgIpc) is 2.32. The molecule has 0 aliphatic rings. The highest BCUT2D eigenvalue weighted by Crippen LogP contribution is 1.97. The van der Waals surface area contributed by atoms with Crippen molar-refractivity contribution in [3.05, 3.63) is 0 Å². The topological polar surface area (TPSA) is 139 Å². The van der Waals surface area contributed by atoms with E-state index in [-0.39, 0.29) is 19.4 Å². The maximum atomic E-state index is 11.4. The van der Waals surface area contributed by atoms with Gasteiger partial charge in [0.1, 0.15) is 6.04 Å². The highest BCUT2D eigenvalue weighted by Gasteiger charge is 2.21. The molecule has 1 unspecified atom stereocenters. The predicted molar refractivity (Wildman–Crippen MR) is 60.5 cm³/mol. The largest absolute Gasteiger partial charge is 0.480 e. The molecule has 8 nitrogen and oxygen atoms in total. The number of aliphatic hydroxyl groups excluding tert-OH is 1. The van der Waals surface area contributed by atoms with Crippen molar-refractivity contribution >= 4 is 17.8 Å². The number of carbonyl (C=O) groups excluding carboxylic acids is 2. The second kappa shape index (κ2) is 8.43. The number of hydrogen-bond donors (Lipinski definition) is 4. The maximum absolute atomic E-state index is 11.4. The van der Waals surface area contributed by atoms with Crippen LogP contribution in [0.1, 0.15) is 19.8 Å². The molecule has 0 aliphatic carbocycles. The second-order valence-electron chi connectivity index (χ2n) is 3.54.